The van der Waals surface area contributed by atoms with Crippen molar-refractivity contribution in [1.29, 1.82) is 0 Å². The summed E-state index contributed by atoms with van der Waals surface area (Å²) >= 11 is 0. The van der Waals surface area contributed by atoms with Gasteiger partial charge in [0.1, 0.15) is 5.82 Å². The predicted molar refractivity (Wildman–Crippen MR) is 91.1 cm³/mol. The van der Waals surface area contributed by atoms with Crippen LogP contribution in [0.1, 0.15) is 21.5 Å². The van der Waals surface area contributed by atoms with E-state index in [9.17, 15) is 17.6 Å². The van der Waals surface area contributed by atoms with Gasteiger partial charge >= 0.3 is 0 Å². The van der Waals surface area contributed by atoms with Crippen molar-refractivity contribution < 1.29 is 17.6 Å². The Morgan fingerprint density at radius 3 is 2.29 bits per heavy atom. The van der Waals surface area contributed by atoms with Crippen molar-refractivity contribution in [2.45, 2.75) is 18.7 Å². The molecule has 0 aliphatic rings. The van der Waals surface area contributed by atoms with Gasteiger partial charge in [-0.1, -0.05) is 6.07 Å². The third-order valence-electron chi connectivity index (χ3n) is 3.73. The van der Waals surface area contributed by atoms with Crippen LogP contribution >= 0.6 is 0 Å². The average Bonchev–Trinajstić information content (AvgIpc) is 2.51. The maximum absolute atomic E-state index is 14.0. The van der Waals surface area contributed by atoms with Gasteiger partial charge in [0.25, 0.3) is 5.91 Å². The van der Waals surface area contributed by atoms with Crippen molar-refractivity contribution in [1.82, 2.24) is 4.31 Å². The maximum Gasteiger partial charge on any atom is 0.258 e. The van der Waals surface area contributed by atoms with Gasteiger partial charge in [0.05, 0.1) is 10.5 Å². The molecule has 0 aliphatic heterocycles. The van der Waals surface area contributed by atoms with Crippen LogP contribution in [0.4, 0.5) is 10.1 Å². The summed E-state index contributed by atoms with van der Waals surface area (Å²) in [5.74, 6) is -1.49. The number of aryl methyl sites for hydroxylation is 2. The Morgan fingerprint density at radius 2 is 1.71 bits per heavy atom. The topological polar surface area (TPSA) is 66.5 Å². The van der Waals surface area contributed by atoms with Crippen LogP contribution in [0.25, 0.3) is 0 Å². The summed E-state index contributed by atoms with van der Waals surface area (Å²) in [6, 6.07) is 8.47. The predicted octanol–water partition coefficient (Wildman–Crippen LogP) is 2.95. The Labute approximate surface area is 141 Å². The Bertz CT molecular complexity index is 893. The molecular weight excluding hydrogens is 331 g/mol. The molecule has 0 saturated heterocycles. The van der Waals surface area contributed by atoms with E-state index < -0.39 is 21.7 Å². The largest absolute Gasteiger partial charge is 0.322 e. The summed E-state index contributed by atoms with van der Waals surface area (Å²) in [6.07, 6.45) is 0. The average molecular weight is 350 g/mol. The number of anilines is 1. The molecule has 0 unspecified atom stereocenters. The summed E-state index contributed by atoms with van der Waals surface area (Å²) < 4.78 is 39.3. The third-order valence-corrected chi connectivity index (χ3v) is 5.54. The van der Waals surface area contributed by atoms with Crippen LogP contribution in [0.5, 0.6) is 0 Å². The van der Waals surface area contributed by atoms with Crippen molar-refractivity contribution in [3.8, 4) is 0 Å². The quantitative estimate of drug-likeness (QED) is 0.922. The van der Waals surface area contributed by atoms with E-state index in [1.54, 1.807) is 12.1 Å². The fraction of sp³-hybridized carbons (Fsp3) is 0.235. The minimum atomic E-state index is -3.75. The zero-order valence-electron chi connectivity index (χ0n) is 13.9. The Kier molecular flexibility index (Phi) is 5.05. The van der Waals surface area contributed by atoms with E-state index in [4.69, 9.17) is 0 Å². The van der Waals surface area contributed by atoms with Crippen molar-refractivity contribution in [2.75, 3.05) is 19.4 Å². The fourth-order valence-electron chi connectivity index (χ4n) is 2.07. The number of carbonyl (C=O) groups excluding carboxylic acids is 1. The fourth-order valence-corrected chi connectivity index (χ4v) is 3.00. The number of sulfonamides is 1. The maximum atomic E-state index is 14.0. The van der Waals surface area contributed by atoms with Crippen LogP contribution in [-0.2, 0) is 10.0 Å². The molecule has 0 radical (unpaired) electrons. The standard InChI is InChI=1S/C17H19FN2O3S/c1-11-5-6-13(9-12(11)2)19-17(21)15-10-14(7-8-16(15)18)24(22,23)20(3)4/h5-10H,1-4H3,(H,19,21). The molecule has 0 saturated carbocycles. The Morgan fingerprint density at radius 1 is 1.04 bits per heavy atom. The van der Waals surface area contributed by atoms with Crippen LogP contribution in [0.3, 0.4) is 0 Å². The molecule has 2 aromatic carbocycles. The van der Waals surface area contributed by atoms with Gasteiger partial charge in [-0.05, 0) is 55.3 Å². The summed E-state index contributed by atoms with van der Waals surface area (Å²) in [7, 11) is -1.01. The molecule has 0 spiro atoms. The zero-order valence-corrected chi connectivity index (χ0v) is 14.7. The van der Waals surface area contributed by atoms with Crippen LogP contribution in [0.15, 0.2) is 41.3 Å². The van der Waals surface area contributed by atoms with E-state index in [0.717, 1.165) is 33.6 Å². The minimum absolute atomic E-state index is 0.140. The van der Waals surface area contributed by atoms with Crippen LogP contribution in [0, 0.1) is 19.7 Å². The number of nitrogens with one attached hydrogen (secondary N) is 1. The van der Waals surface area contributed by atoms with E-state index in [0.29, 0.717) is 5.69 Å². The van der Waals surface area contributed by atoms with Crippen molar-refractivity contribution >= 4 is 21.6 Å². The number of amides is 1. The molecule has 2 aromatic rings. The molecule has 0 atom stereocenters. The second kappa shape index (κ2) is 6.70. The molecule has 5 nitrogen and oxygen atoms in total. The van der Waals surface area contributed by atoms with E-state index in [1.165, 1.54) is 14.1 Å². The molecule has 24 heavy (non-hydrogen) atoms. The minimum Gasteiger partial charge on any atom is -0.322 e. The van der Waals surface area contributed by atoms with Crippen LogP contribution < -0.4 is 5.32 Å². The molecule has 128 valence electrons. The number of benzene rings is 2. The van der Waals surface area contributed by atoms with Gasteiger partial charge in [-0.15, -0.1) is 0 Å². The lowest BCUT2D eigenvalue weighted by Crippen LogP contribution is -2.23. The van der Waals surface area contributed by atoms with Gasteiger partial charge in [-0.25, -0.2) is 17.1 Å². The Hall–Kier alpha value is -2.25. The van der Waals surface area contributed by atoms with Crippen molar-refractivity contribution in [3.63, 3.8) is 0 Å². The monoisotopic (exact) mass is 350 g/mol. The van der Waals surface area contributed by atoms with Gasteiger partial charge in [-0.2, -0.15) is 0 Å². The highest BCUT2D eigenvalue weighted by atomic mass is 32.2. The number of hydrogen-bond acceptors (Lipinski definition) is 3. The smallest absolute Gasteiger partial charge is 0.258 e. The summed E-state index contributed by atoms with van der Waals surface area (Å²) in [5, 5.41) is 2.59. The van der Waals surface area contributed by atoms with Crippen LogP contribution in [0.2, 0.25) is 0 Å². The van der Waals surface area contributed by atoms with Gasteiger partial charge in [-0.3, -0.25) is 4.79 Å². The second-order valence-corrected chi connectivity index (χ2v) is 7.83. The highest BCUT2D eigenvalue weighted by molar-refractivity contribution is 7.89. The van der Waals surface area contributed by atoms with Crippen LogP contribution in [-0.4, -0.2) is 32.7 Å². The van der Waals surface area contributed by atoms with Gasteiger partial charge in [0.15, 0.2) is 0 Å². The molecule has 1 amide bonds. The van der Waals surface area contributed by atoms with Gasteiger partial charge < -0.3 is 5.32 Å². The molecule has 0 fully saturated rings. The second-order valence-electron chi connectivity index (χ2n) is 5.68. The highest BCUT2D eigenvalue weighted by Crippen LogP contribution is 2.20. The van der Waals surface area contributed by atoms with Crippen molar-refractivity contribution in [2.24, 2.45) is 0 Å². The third kappa shape index (κ3) is 3.63. The first-order chi connectivity index (χ1) is 11.1. The number of hydrogen-bond donors (Lipinski definition) is 1. The number of rotatable bonds is 4. The molecule has 2 rings (SSSR count). The molecule has 0 bridgehead atoms. The molecule has 0 aliphatic carbocycles. The lowest BCUT2D eigenvalue weighted by Gasteiger charge is -2.13. The number of halogens is 1. The van der Waals surface area contributed by atoms with E-state index in [2.05, 4.69) is 5.32 Å². The van der Waals surface area contributed by atoms with E-state index in [-0.39, 0.29) is 10.5 Å². The molecular formula is C17H19FN2O3S. The first-order valence-electron chi connectivity index (χ1n) is 7.23. The van der Waals surface area contributed by atoms with E-state index >= 15 is 0 Å². The van der Waals surface area contributed by atoms with Gasteiger partial charge in [0, 0.05) is 19.8 Å². The summed E-state index contributed by atoms with van der Waals surface area (Å²) in [6.45, 7) is 3.84. The lowest BCUT2D eigenvalue weighted by atomic mass is 10.1. The SMILES string of the molecule is Cc1ccc(NC(=O)c2cc(S(=O)(=O)N(C)C)ccc2F)cc1C. The molecule has 0 aromatic heterocycles. The highest BCUT2D eigenvalue weighted by Gasteiger charge is 2.21. The van der Waals surface area contributed by atoms with Gasteiger partial charge in [0.2, 0.25) is 10.0 Å². The first kappa shape index (κ1) is 18.1. The van der Waals surface area contributed by atoms with Crippen molar-refractivity contribution in [3.05, 3.63) is 58.9 Å². The zero-order chi connectivity index (χ0) is 18.1. The Balaban J connectivity index is 2.37. The van der Waals surface area contributed by atoms with E-state index in [1.807, 2.05) is 19.9 Å². The summed E-state index contributed by atoms with van der Waals surface area (Å²) in [4.78, 5) is 12.2. The normalized spacial score (nSPS) is 11.6. The molecule has 7 heteroatoms. The number of nitrogens with zero attached hydrogens (tertiary/aromatic N) is 1. The first-order valence-corrected chi connectivity index (χ1v) is 8.67. The molecule has 1 N–H and O–H groups in total. The summed E-state index contributed by atoms with van der Waals surface area (Å²) in [5.41, 5.74) is 2.25. The lowest BCUT2D eigenvalue weighted by molar-refractivity contribution is 0.102. The molecule has 0 heterocycles. The number of carbonyl (C=O) groups is 1.